The minimum Gasteiger partial charge on any atom is -0.324 e. The van der Waals surface area contributed by atoms with Crippen LogP contribution in [-0.2, 0) is 4.79 Å². The highest BCUT2D eigenvalue weighted by Gasteiger charge is 2.20. The molecule has 2 N–H and O–H groups in total. The van der Waals surface area contributed by atoms with E-state index in [1.807, 2.05) is 6.07 Å². The summed E-state index contributed by atoms with van der Waals surface area (Å²) in [6, 6.07) is 10.3. The van der Waals surface area contributed by atoms with E-state index in [0.29, 0.717) is 21.8 Å². The molecule has 0 heterocycles. The third-order valence-electron chi connectivity index (χ3n) is 3.70. The maximum atomic E-state index is 13.7. The molecule has 0 fully saturated rings. The second-order valence-corrected chi connectivity index (χ2v) is 6.36. The maximum Gasteiger partial charge on any atom is 0.241 e. The Morgan fingerprint density at radius 1 is 1.20 bits per heavy atom. The van der Waals surface area contributed by atoms with E-state index in [4.69, 9.17) is 28.5 Å². The van der Waals surface area contributed by atoms with Crippen molar-refractivity contribution in [3.63, 3.8) is 0 Å². The van der Waals surface area contributed by atoms with E-state index < -0.39 is 11.9 Å². The third kappa shape index (κ3) is 4.70. The van der Waals surface area contributed by atoms with Crippen LogP contribution in [0.2, 0.25) is 10.0 Å². The summed E-state index contributed by atoms with van der Waals surface area (Å²) in [6.45, 7) is 3.43. The van der Waals surface area contributed by atoms with Crippen LogP contribution in [0.1, 0.15) is 31.0 Å². The van der Waals surface area contributed by atoms with Crippen LogP contribution in [0.4, 0.5) is 10.1 Å². The van der Waals surface area contributed by atoms with E-state index in [1.54, 1.807) is 38.1 Å². The Kier molecular flexibility index (Phi) is 6.38. The molecule has 0 aliphatic carbocycles. The molecule has 0 aromatic heterocycles. The number of anilines is 1. The molecule has 0 aliphatic rings. The predicted molar refractivity (Wildman–Crippen MR) is 97.2 cm³/mol. The van der Waals surface area contributed by atoms with Crippen LogP contribution >= 0.6 is 23.2 Å². The Balaban J connectivity index is 2.08. The van der Waals surface area contributed by atoms with Gasteiger partial charge in [0.05, 0.1) is 22.3 Å². The molecule has 0 saturated heterocycles. The largest absolute Gasteiger partial charge is 0.324 e. The van der Waals surface area contributed by atoms with Crippen molar-refractivity contribution >= 4 is 34.8 Å². The first-order valence-corrected chi connectivity index (χ1v) is 8.29. The monoisotopic (exact) mass is 379 g/mol. The average Bonchev–Trinajstić information content (AvgIpc) is 2.58. The van der Waals surface area contributed by atoms with E-state index >= 15 is 0 Å². The quantitative estimate of drug-likeness (QED) is 0.741. The molecule has 2 aromatic rings. The van der Waals surface area contributed by atoms with Gasteiger partial charge in [-0.05, 0) is 43.7 Å². The topological polar surface area (TPSA) is 64.9 Å². The molecule has 7 heteroatoms. The minimum absolute atomic E-state index is 0.0557. The summed E-state index contributed by atoms with van der Waals surface area (Å²) in [6.07, 6.45) is 0. The van der Waals surface area contributed by atoms with Crippen molar-refractivity contribution in [2.24, 2.45) is 0 Å². The second-order valence-electron chi connectivity index (χ2n) is 5.54. The first-order valence-electron chi connectivity index (χ1n) is 7.54. The van der Waals surface area contributed by atoms with Crippen LogP contribution in [0, 0.1) is 17.1 Å². The van der Waals surface area contributed by atoms with Crippen LogP contribution in [0.15, 0.2) is 36.4 Å². The predicted octanol–water partition coefficient (Wildman–Crippen LogP) is 4.68. The summed E-state index contributed by atoms with van der Waals surface area (Å²) in [5.74, 6) is -0.894. The standard InChI is InChI=1S/C18H16Cl2FN3O/c1-10(13-7-16(21)15(20)8-14(13)19)23-11(2)18(25)24-17-6-4-3-5-12(17)9-22/h3-8,10-11,23H,1-2H3,(H,24,25)/t10-,11-/m0/s1. The molecular formula is C18H16Cl2FN3O. The number of nitriles is 1. The van der Waals surface area contributed by atoms with Gasteiger partial charge >= 0.3 is 0 Å². The minimum atomic E-state index is -0.600. The number of nitrogens with zero attached hydrogens (tertiary/aromatic N) is 1. The highest BCUT2D eigenvalue weighted by atomic mass is 35.5. The number of hydrogen-bond acceptors (Lipinski definition) is 3. The van der Waals surface area contributed by atoms with Crippen molar-refractivity contribution in [2.75, 3.05) is 5.32 Å². The Labute approximate surface area is 155 Å². The SMILES string of the molecule is C[C@H](N[C@@H](C)c1cc(F)c(Cl)cc1Cl)C(=O)Nc1ccccc1C#N. The van der Waals surface area contributed by atoms with Gasteiger partial charge in [-0.1, -0.05) is 35.3 Å². The summed E-state index contributed by atoms with van der Waals surface area (Å²) < 4.78 is 13.7. The van der Waals surface area contributed by atoms with Crippen molar-refractivity contribution in [2.45, 2.75) is 25.9 Å². The number of amides is 1. The lowest BCUT2D eigenvalue weighted by Crippen LogP contribution is -2.39. The van der Waals surface area contributed by atoms with Gasteiger partial charge in [0, 0.05) is 11.1 Å². The summed E-state index contributed by atoms with van der Waals surface area (Å²) in [4.78, 5) is 12.3. The highest BCUT2D eigenvalue weighted by Crippen LogP contribution is 2.28. The Hall–Kier alpha value is -2.13. The van der Waals surface area contributed by atoms with Crippen LogP contribution in [0.3, 0.4) is 0 Å². The molecule has 2 rings (SSSR count). The number of carbonyl (C=O) groups excluding carboxylic acids is 1. The van der Waals surface area contributed by atoms with Crippen LogP contribution < -0.4 is 10.6 Å². The molecule has 0 saturated carbocycles. The van der Waals surface area contributed by atoms with Gasteiger partial charge in [0.2, 0.25) is 5.91 Å². The van der Waals surface area contributed by atoms with E-state index in [1.165, 1.54) is 12.1 Å². The van der Waals surface area contributed by atoms with Gasteiger partial charge < -0.3 is 5.32 Å². The fourth-order valence-electron chi connectivity index (χ4n) is 2.34. The lowest BCUT2D eigenvalue weighted by molar-refractivity contribution is -0.117. The zero-order valence-corrected chi connectivity index (χ0v) is 15.1. The lowest BCUT2D eigenvalue weighted by Gasteiger charge is -2.21. The molecule has 25 heavy (non-hydrogen) atoms. The summed E-state index contributed by atoms with van der Waals surface area (Å²) in [5, 5.41) is 15.1. The number of carbonyl (C=O) groups is 1. The molecule has 130 valence electrons. The normalized spacial score (nSPS) is 13.0. The molecule has 2 atom stereocenters. The number of hydrogen-bond donors (Lipinski definition) is 2. The number of nitrogens with one attached hydrogen (secondary N) is 2. The maximum absolute atomic E-state index is 13.7. The molecule has 0 aliphatic heterocycles. The van der Waals surface area contributed by atoms with Crippen LogP contribution in [-0.4, -0.2) is 11.9 Å². The van der Waals surface area contributed by atoms with Gasteiger partial charge in [-0.15, -0.1) is 0 Å². The van der Waals surface area contributed by atoms with Gasteiger partial charge in [-0.2, -0.15) is 5.26 Å². The summed E-state index contributed by atoms with van der Waals surface area (Å²) in [7, 11) is 0. The second kappa shape index (κ2) is 8.30. The van der Waals surface area contributed by atoms with Crippen LogP contribution in [0.5, 0.6) is 0 Å². The summed E-state index contributed by atoms with van der Waals surface area (Å²) >= 11 is 11.8. The van der Waals surface area contributed by atoms with E-state index in [0.717, 1.165) is 0 Å². The molecule has 0 bridgehead atoms. The lowest BCUT2D eigenvalue weighted by atomic mass is 10.1. The number of benzene rings is 2. The Morgan fingerprint density at radius 2 is 1.88 bits per heavy atom. The Morgan fingerprint density at radius 3 is 2.56 bits per heavy atom. The first-order chi connectivity index (χ1) is 11.8. The number of rotatable bonds is 5. The highest BCUT2D eigenvalue weighted by molar-refractivity contribution is 6.35. The number of halogens is 3. The fraction of sp³-hybridized carbons (Fsp3) is 0.222. The first kappa shape index (κ1) is 19.2. The van der Waals surface area contributed by atoms with Gasteiger partial charge in [0.1, 0.15) is 11.9 Å². The van der Waals surface area contributed by atoms with Gasteiger partial charge in [-0.3, -0.25) is 10.1 Å². The molecule has 0 radical (unpaired) electrons. The molecule has 2 aromatic carbocycles. The third-order valence-corrected chi connectivity index (χ3v) is 4.32. The smallest absolute Gasteiger partial charge is 0.241 e. The van der Waals surface area contributed by atoms with Crippen LogP contribution in [0.25, 0.3) is 0 Å². The molecule has 0 unspecified atom stereocenters. The van der Waals surface area contributed by atoms with Crippen molar-refractivity contribution in [3.05, 3.63) is 63.4 Å². The van der Waals surface area contributed by atoms with Crippen molar-refractivity contribution in [1.29, 1.82) is 5.26 Å². The average molecular weight is 380 g/mol. The van der Waals surface area contributed by atoms with E-state index in [2.05, 4.69) is 10.6 Å². The summed E-state index contributed by atoms with van der Waals surface area (Å²) in [5.41, 5.74) is 1.31. The van der Waals surface area contributed by atoms with E-state index in [-0.39, 0.29) is 17.0 Å². The Bertz CT molecular complexity index is 836. The fourth-order valence-corrected chi connectivity index (χ4v) is 2.89. The van der Waals surface area contributed by atoms with Crippen molar-refractivity contribution in [1.82, 2.24) is 5.32 Å². The van der Waals surface area contributed by atoms with Crippen molar-refractivity contribution in [3.8, 4) is 6.07 Å². The molecule has 1 amide bonds. The van der Waals surface area contributed by atoms with Gasteiger partial charge in [0.25, 0.3) is 0 Å². The number of para-hydroxylation sites is 1. The van der Waals surface area contributed by atoms with Gasteiger partial charge in [0.15, 0.2) is 0 Å². The van der Waals surface area contributed by atoms with E-state index in [9.17, 15) is 9.18 Å². The molecule has 4 nitrogen and oxygen atoms in total. The molecular weight excluding hydrogens is 364 g/mol. The van der Waals surface area contributed by atoms with Gasteiger partial charge in [-0.25, -0.2) is 4.39 Å². The molecule has 0 spiro atoms. The zero-order chi connectivity index (χ0) is 18.6. The van der Waals surface area contributed by atoms with Crippen molar-refractivity contribution < 1.29 is 9.18 Å². The zero-order valence-electron chi connectivity index (χ0n) is 13.6.